The van der Waals surface area contributed by atoms with Crippen molar-refractivity contribution in [2.45, 2.75) is 51.7 Å². The van der Waals surface area contributed by atoms with Crippen LogP contribution in [-0.4, -0.2) is 49.3 Å². The summed E-state index contributed by atoms with van der Waals surface area (Å²) in [5.74, 6) is 4.89. The third kappa shape index (κ3) is 3.38. The predicted octanol–water partition coefficient (Wildman–Crippen LogP) is -1.12. The molecule has 8 heteroatoms. The Kier molecular flexibility index (Phi) is 6.29. The molecule has 0 bridgehead atoms. The van der Waals surface area contributed by atoms with Crippen LogP contribution in [-0.2, 0) is 4.74 Å². The molecule has 1 aliphatic heterocycles. The Morgan fingerprint density at radius 2 is 2.04 bits per heavy atom. The van der Waals surface area contributed by atoms with Crippen molar-refractivity contribution >= 4 is 0 Å². The zero-order valence-electron chi connectivity index (χ0n) is 13.5. The second-order valence-corrected chi connectivity index (χ2v) is 4.80. The van der Waals surface area contributed by atoms with Crippen LogP contribution in [0.25, 0.3) is 0 Å². The van der Waals surface area contributed by atoms with E-state index in [2.05, 4.69) is 16.8 Å². The quantitative estimate of drug-likeness (QED) is 0.510. The fourth-order valence-corrected chi connectivity index (χ4v) is 2.42. The third-order valence-corrected chi connectivity index (χ3v) is 3.39. The first kappa shape index (κ1) is 19.1. The zero-order chi connectivity index (χ0) is 17.8. The Bertz CT molecular complexity index is 713. The van der Waals surface area contributed by atoms with Crippen LogP contribution in [0.2, 0.25) is 0 Å². The van der Waals surface area contributed by atoms with Gasteiger partial charge in [-0.1, -0.05) is 19.8 Å². The molecule has 0 amide bonds. The van der Waals surface area contributed by atoms with Crippen molar-refractivity contribution in [3.8, 4) is 11.8 Å². The van der Waals surface area contributed by atoms with Gasteiger partial charge in [0.15, 0.2) is 11.8 Å². The molecule has 23 heavy (non-hydrogen) atoms. The standard InChI is InChI=1S/C13H16N2O6.C2H6/c1-3-4-13(20)10(18)8(6-16)21-11(13)15-7(2)5-9(17)14-12(15)19;1-2/h5,8,10-11,16,18,20H,6H2,1-2H3,(H,14,17,19);1-2H3/t8?,10-,11?,13?;/m0./s1. The lowest BCUT2D eigenvalue weighted by atomic mass is 9.94. The van der Waals surface area contributed by atoms with Gasteiger partial charge in [-0.15, -0.1) is 5.92 Å². The molecule has 8 nitrogen and oxygen atoms in total. The number of hydrogen-bond acceptors (Lipinski definition) is 6. The first-order valence-electron chi connectivity index (χ1n) is 7.28. The summed E-state index contributed by atoms with van der Waals surface area (Å²) in [6.45, 7) is 6.39. The lowest BCUT2D eigenvalue weighted by Crippen LogP contribution is -2.48. The van der Waals surface area contributed by atoms with Crippen molar-refractivity contribution in [1.29, 1.82) is 0 Å². The average Bonchev–Trinajstić information content (AvgIpc) is 2.73. The van der Waals surface area contributed by atoms with E-state index in [0.717, 1.165) is 10.6 Å². The van der Waals surface area contributed by atoms with E-state index in [1.54, 1.807) is 0 Å². The van der Waals surface area contributed by atoms with E-state index in [1.807, 2.05) is 13.8 Å². The molecule has 128 valence electrons. The molecule has 1 aromatic rings. The van der Waals surface area contributed by atoms with E-state index in [4.69, 9.17) is 4.74 Å². The van der Waals surface area contributed by atoms with Crippen molar-refractivity contribution in [3.05, 3.63) is 32.6 Å². The minimum absolute atomic E-state index is 0.232. The molecule has 2 rings (SSSR count). The van der Waals surface area contributed by atoms with Gasteiger partial charge in [0.2, 0.25) is 0 Å². The van der Waals surface area contributed by atoms with Gasteiger partial charge in [-0.3, -0.25) is 14.3 Å². The third-order valence-electron chi connectivity index (χ3n) is 3.39. The van der Waals surface area contributed by atoms with E-state index >= 15 is 0 Å². The number of nitrogens with one attached hydrogen (secondary N) is 1. The number of aliphatic hydroxyl groups excluding tert-OH is 2. The van der Waals surface area contributed by atoms with E-state index < -0.39 is 41.9 Å². The number of aromatic amines is 1. The minimum Gasteiger partial charge on any atom is -0.394 e. The highest BCUT2D eigenvalue weighted by molar-refractivity contribution is 5.23. The monoisotopic (exact) mass is 326 g/mol. The van der Waals surface area contributed by atoms with E-state index in [0.29, 0.717) is 0 Å². The second kappa shape index (κ2) is 7.57. The summed E-state index contributed by atoms with van der Waals surface area (Å²) in [4.78, 5) is 25.3. The van der Waals surface area contributed by atoms with Gasteiger partial charge in [-0.2, -0.15) is 0 Å². The van der Waals surface area contributed by atoms with Crippen molar-refractivity contribution in [2.24, 2.45) is 0 Å². The molecule has 0 aromatic carbocycles. The number of nitrogens with zero attached hydrogens (tertiary/aromatic N) is 1. The molecule has 0 aliphatic carbocycles. The molecule has 0 saturated carbocycles. The van der Waals surface area contributed by atoms with E-state index in [1.165, 1.54) is 13.8 Å². The lowest BCUT2D eigenvalue weighted by Gasteiger charge is -2.27. The maximum absolute atomic E-state index is 12.0. The predicted molar refractivity (Wildman–Crippen MR) is 82.8 cm³/mol. The summed E-state index contributed by atoms with van der Waals surface area (Å²) in [6, 6.07) is 1.16. The Morgan fingerprint density at radius 1 is 1.43 bits per heavy atom. The maximum atomic E-state index is 12.0. The minimum atomic E-state index is -2.07. The summed E-state index contributed by atoms with van der Waals surface area (Å²) in [5.41, 5.74) is -3.23. The average molecular weight is 326 g/mol. The lowest BCUT2D eigenvalue weighted by molar-refractivity contribution is -0.0775. The molecule has 1 saturated heterocycles. The van der Waals surface area contributed by atoms with Gasteiger partial charge in [-0.05, 0) is 13.8 Å². The molecule has 4 N–H and O–H groups in total. The number of ether oxygens (including phenoxy) is 1. The highest BCUT2D eigenvalue weighted by Crippen LogP contribution is 2.37. The topological polar surface area (TPSA) is 125 Å². The molecule has 3 unspecified atom stereocenters. The maximum Gasteiger partial charge on any atom is 0.330 e. The molecule has 2 heterocycles. The summed E-state index contributed by atoms with van der Waals surface area (Å²) in [7, 11) is 0. The number of aromatic nitrogens is 2. The fraction of sp³-hybridized carbons (Fsp3) is 0.600. The van der Waals surface area contributed by atoms with Crippen LogP contribution >= 0.6 is 0 Å². The van der Waals surface area contributed by atoms with Crippen molar-refractivity contribution < 1.29 is 20.1 Å². The van der Waals surface area contributed by atoms with Gasteiger partial charge in [0.25, 0.3) is 5.56 Å². The molecular weight excluding hydrogens is 304 g/mol. The van der Waals surface area contributed by atoms with Gasteiger partial charge in [-0.25, -0.2) is 4.79 Å². The first-order chi connectivity index (χ1) is 10.8. The summed E-state index contributed by atoms with van der Waals surface area (Å²) < 4.78 is 6.36. The van der Waals surface area contributed by atoms with Crippen molar-refractivity contribution in [3.63, 3.8) is 0 Å². The largest absolute Gasteiger partial charge is 0.394 e. The van der Waals surface area contributed by atoms with Gasteiger partial charge in [0.05, 0.1) is 6.61 Å². The molecular formula is C15H22N2O6. The smallest absolute Gasteiger partial charge is 0.330 e. The number of aryl methyl sites for hydroxylation is 1. The van der Waals surface area contributed by atoms with Gasteiger partial charge in [0, 0.05) is 11.8 Å². The number of rotatable bonds is 2. The van der Waals surface area contributed by atoms with Crippen LogP contribution in [0.3, 0.4) is 0 Å². The summed E-state index contributed by atoms with van der Waals surface area (Å²) in [6.07, 6.45) is -3.95. The highest BCUT2D eigenvalue weighted by Gasteiger charge is 2.56. The molecule has 1 aromatic heterocycles. The van der Waals surface area contributed by atoms with Crippen LogP contribution in [0.1, 0.15) is 32.7 Å². The fourth-order valence-electron chi connectivity index (χ4n) is 2.42. The Balaban J connectivity index is 0.00000127. The normalized spacial score (nSPS) is 29.3. The van der Waals surface area contributed by atoms with Crippen molar-refractivity contribution in [1.82, 2.24) is 9.55 Å². The van der Waals surface area contributed by atoms with Crippen LogP contribution in [0.15, 0.2) is 15.7 Å². The molecule has 4 atom stereocenters. The molecule has 0 spiro atoms. The van der Waals surface area contributed by atoms with E-state index in [9.17, 15) is 24.9 Å². The van der Waals surface area contributed by atoms with E-state index in [-0.39, 0.29) is 5.69 Å². The number of hydrogen-bond donors (Lipinski definition) is 4. The first-order valence-corrected chi connectivity index (χ1v) is 7.28. The number of aliphatic hydroxyl groups is 3. The number of H-pyrrole nitrogens is 1. The Hall–Kier alpha value is -1.92. The van der Waals surface area contributed by atoms with Gasteiger partial charge in [0.1, 0.15) is 12.2 Å². The summed E-state index contributed by atoms with van der Waals surface area (Å²) in [5, 5.41) is 29.9. The van der Waals surface area contributed by atoms with Gasteiger partial charge >= 0.3 is 5.69 Å². The molecule has 1 fully saturated rings. The van der Waals surface area contributed by atoms with Crippen LogP contribution in [0, 0.1) is 18.8 Å². The second-order valence-electron chi connectivity index (χ2n) is 4.80. The Labute approximate surface area is 133 Å². The van der Waals surface area contributed by atoms with Crippen LogP contribution in [0.5, 0.6) is 0 Å². The van der Waals surface area contributed by atoms with Crippen molar-refractivity contribution in [2.75, 3.05) is 6.61 Å². The molecule has 1 aliphatic rings. The summed E-state index contributed by atoms with van der Waals surface area (Å²) >= 11 is 0. The van der Waals surface area contributed by atoms with Crippen LogP contribution in [0.4, 0.5) is 0 Å². The zero-order valence-corrected chi connectivity index (χ0v) is 13.5. The Morgan fingerprint density at radius 3 is 2.52 bits per heavy atom. The SMILES string of the molecule is CC.CC#CC1(O)C(n2c(C)cc(=O)[nH]c2=O)OC(CO)[C@@H]1O. The van der Waals surface area contributed by atoms with Crippen LogP contribution < -0.4 is 11.2 Å². The molecule has 0 radical (unpaired) electrons. The highest BCUT2D eigenvalue weighted by atomic mass is 16.6. The van der Waals surface area contributed by atoms with Gasteiger partial charge < -0.3 is 20.1 Å².